The van der Waals surface area contributed by atoms with E-state index in [-0.39, 0.29) is 21.6 Å². The van der Waals surface area contributed by atoms with Crippen LogP contribution >= 0.6 is 39.3 Å². The summed E-state index contributed by atoms with van der Waals surface area (Å²) in [5.41, 5.74) is -0.222. The lowest BCUT2D eigenvalue weighted by atomic mass is 10.1. The highest BCUT2D eigenvalue weighted by Crippen LogP contribution is 2.34. The van der Waals surface area contributed by atoms with Crippen molar-refractivity contribution in [1.82, 2.24) is 14.6 Å². The van der Waals surface area contributed by atoms with Gasteiger partial charge in [0, 0.05) is 27.9 Å². The van der Waals surface area contributed by atoms with Crippen molar-refractivity contribution >= 4 is 55.9 Å². The molecule has 0 atom stereocenters. The Kier molecular flexibility index (Phi) is 4.88. The zero-order valence-electron chi connectivity index (χ0n) is 13.6. The fraction of sp³-hybridized carbons (Fsp3) is 0.118. The molecule has 0 N–H and O–H groups in total. The van der Waals surface area contributed by atoms with E-state index in [1.807, 2.05) is 0 Å². The Balaban J connectivity index is 1.73. The molecular weight excluding hydrogens is 483 g/mol. The third-order valence-electron chi connectivity index (χ3n) is 3.90. The number of aromatic nitrogens is 3. The van der Waals surface area contributed by atoms with Crippen molar-refractivity contribution in [2.45, 2.75) is 17.1 Å². The third-order valence-corrected chi connectivity index (χ3v) is 5.67. The standard InChI is InChI=1S/C17H8BrClF3N3O2S/c18-10-1-2-11-8(3-14(26)27-13(11)5-10)7-28-16-24-23-15-12(19)4-9(6-25(15)16)17(20,21)22/h1-6H,7H2. The molecule has 0 fully saturated rings. The van der Waals surface area contributed by atoms with Gasteiger partial charge >= 0.3 is 11.8 Å². The van der Waals surface area contributed by atoms with E-state index in [2.05, 4.69) is 26.1 Å². The lowest BCUT2D eigenvalue weighted by Crippen LogP contribution is -2.07. The van der Waals surface area contributed by atoms with Gasteiger partial charge in [-0.05, 0) is 29.8 Å². The number of hydrogen-bond acceptors (Lipinski definition) is 5. The zero-order valence-corrected chi connectivity index (χ0v) is 16.8. The van der Waals surface area contributed by atoms with Crippen LogP contribution in [0.15, 0.2) is 55.4 Å². The lowest BCUT2D eigenvalue weighted by Gasteiger charge is -2.09. The van der Waals surface area contributed by atoms with E-state index in [1.54, 1.807) is 18.2 Å². The molecule has 0 bridgehead atoms. The Bertz CT molecular complexity index is 1270. The topological polar surface area (TPSA) is 60.4 Å². The first kappa shape index (κ1) is 19.3. The van der Waals surface area contributed by atoms with Gasteiger partial charge in [0.15, 0.2) is 10.8 Å². The van der Waals surface area contributed by atoms with E-state index in [9.17, 15) is 18.0 Å². The summed E-state index contributed by atoms with van der Waals surface area (Å²) >= 11 is 10.4. The van der Waals surface area contributed by atoms with E-state index < -0.39 is 17.4 Å². The summed E-state index contributed by atoms with van der Waals surface area (Å²) in [5, 5.41) is 8.57. The molecule has 0 saturated heterocycles. The second-order valence-electron chi connectivity index (χ2n) is 5.77. The summed E-state index contributed by atoms with van der Waals surface area (Å²) in [5.74, 6) is 0.276. The molecule has 11 heteroatoms. The maximum absolute atomic E-state index is 13.1. The Hall–Kier alpha value is -2.04. The van der Waals surface area contributed by atoms with Crippen molar-refractivity contribution in [3.05, 3.63) is 67.6 Å². The number of thioether (sulfide) groups is 1. The molecule has 0 aliphatic heterocycles. The fourth-order valence-corrected chi connectivity index (χ4v) is 4.14. The summed E-state index contributed by atoms with van der Waals surface area (Å²) in [6, 6.07) is 7.43. The molecule has 4 rings (SSSR count). The first-order chi connectivity index (χ1) is 13.2. The van der Waals surface area contributed by atoms with E-state index in [4.69, 9.17) is 16.0 Å². The Morgan fingerprint density at radius 3 is 2.75 bits per heavy atom. The van der Waals surface area contributed by atoms with Crippen LogP contribution in [0.4, 0.5) is 13.2 Å². The molecule has 0 saturated carbocycles. The number of rotatable bonds is 3. The largest absolute Gasteiger partial charge is 0.423 e. The highest BCUT2D eigenvalue weighted by atomic mass is 79.9. The molecule has 0 aliphatic carbocycles. The van der Waals surface area contributed by atoms with Gasteiger partial charge in [-0.15, -0.1) is 10.2 Å². The van der Waals surface area contributed by atoms with Gasteiger partial charge < -0.3 is 4.42 Å². The van der Waals surface area contributed by atoms with Crippen LogP contribution in [0.5, 0.6) is 0 Å². The number of nitrogens with zero attached hydrogens (tertiary/aromatic N) is 3. The maximum Gasteiger partial charge on any atom is 0.417 e. The molecule has 3 aromatic heterocycles. The van der Waals surface area contributed by atoms with Gasteiger partial charge in [0.1, 0.15) is 5.58 Å². The van der Waals surface area contributed by atoms with Gasteiger partial charge in [0.25, 0.3) is 0 Å². The van der Waals surface area contributed by atoms with Gasteiger partial charge in [-0.2, -0.15) is 13.2 Å². The molecule has 5 nitrogen and oxygen atoms in total. The lowest BCUT2D eigenvalue weighted by molar-refractivity contribution is -0.137. The first-order valence-corrected chi connectivity index (χ1v) is 9.84. The average Bonchev–Trinajstić information content (AvgIpc) is 3.02. The van der Waals surface area contributed by atoms with Gasteiger partial charge in [-0.25, -0.2) is 4.79 Å². The fourth-order valence-electron chi connectivity index (χ4n) is 2.65. The quantitative estimate of drug-likeness (QED) is 0.278. The van der Waals surface area contributed by atoms with Crippen LogP contribution in [0.1, 0.15) is 11.1 Å². The molecular formula is C17H8BrClF3N3O2S. The molecule has 28 heavy (non-hydrogen) atoms. The normalized spacial score (nSPS) is 12.2. The summed E-state index contributed by atoms with van der Waals surface area (Å²) < 4.78 is 46.3. The molecule has 0 radical (unpaired) electrons. The number of hydrogen-bond donors (Lipinski definition) is 0. The minimum absolute atomic E-state index is 0.124. The van der Waals surface area contributed by atoms with Gasteiger partial charge in [-0.3, -0.25) is 4.40 Å². The molecule has 1 aromatic carbocycles. The van der Waals surface area contributed by atoms with Gasteiger partial charge in [0.05, 0.1) is 10.6 Å². The van der Waals surface area contributed by atoms with Crippen LogP contribution < -0.4 is 5.63 Å². The molecule has 144 valence electrons. The first-order valence-electron chi connectivity index (χ1n) is 7.69. The molecule has 4 aromatic rings. The summed E-state index contributed by atoms with van der Waals surface area (Å²) in [6.45, 7) is 0. The SMILES string of the molecule is O=c1cc(CSc2nnc3c(Cl)cc(C(F)(F)F)cn23)c2ccc(Br)cc2o1. The predicted octanol–water partition coefficient (Wildman–Crippen LogP) is 5.56. The smallest absolute Gasteiger partial charge is 0.417 e. The second kappa shape index (κ2) is 7.09. The van der Waals surface area contributed by atoms with Crippen LogP contribution in [0, 0.1) is 0 Å². The molecule has 0 aliphatic rings. The highest BCUT2D eigenvalue weighted by molar-refractivity contribution is 9.10. The van der Waals surface area contributed by atoms with E-state index >= 15 is 0 Å². The van der Waals surface area contributed by atoms with Crippen LogP contribution in [0.3, 0.4) is 0 Å². The van der Waals surface area contributed by atoms with Crippen molar-refractivity contribution in [3.63, 3.8) is 0 Å². The monoisotopic (exact) mass is 489 g/mol. The number of fused-ring (bicyclic) bond motifs is 2. The molecule has 0 spiro atoms. The van der Waals surface area contributed by atoms with Crippen LogP contribution in [0.25, 0.3) is 16.6 Å². The summed E-state index contributed by atoms with van der Waals surface area (Å²) in [4.78, 5) is 11.8. The number of benzene rings is 1. The Labute approximate surface area is 172 Å². The second-order valence-corrected chi connectivity index (χ2v) is 8.04. The summed E-state index contributed by atoms with van der Waals surface area (Å²) in [6.07, 6.45) is -3.65. The van der Waals surface area contributed by atoms with E-state index in [1.165, 1.54) is 10.5 Å². The molecule has 0 amide bonds. The minimum Gasteiger partial charge on any atom is -0.423 e. The number of halogens is 5. The maximum atomic E-state index is 13.1. The predicted molar refractivity (Wildman–Crippen MR) is 103 cm³/mol. The van der Waals surface area contributed by atoms with Crippen molar-refractivity contribution in [2.75, 3.05) is 0 Å². The van der Waals surface area contributed by atoms with Crippen molar-refractivity contribution in [1.29, 1.82) is 0 Å². The zero-order chi connectivity index (χ0) is 20.1. The van der Waals surface area contributed by atoms with E-state index in [0.717, 1.165) is 33.9 Å². The summed E-state index contributed by atoms with van der Waals surface area (Å²) in [7, 11) is 0. The van der Waals surface area contributed by atoms with E-state index in [0.29, 0.717) is 11.1 Å². The van der Waals surface area contributed by atoms with Crippen LogP contribution in [-0.4, -0.2) is 14.6 Å². The minimum atomic E-state index is -4.55. The third kappa shape index (κ3) is 3.63. The van der Waals surface area contributed by atoms with Crippen molar-refractivity contribution < 1.29 is 17.6 Å². The highest BCUT2D eigenvalue weighted by Gasteiger charge is 2.32. The van der Waals surface area contributed by atoms with Gasteiger partial charge in [0.2, 0.25) is 0 Å². The van der Waals surface area contributed by atoms with Crippen LogP contribution in [0.2, 0.25) is 5.02 Å². The number of alkyl halides is 3. The Morgan fingerprint density at radius 1 is 1.21 bits per heavy atom. The average molecular weight is 491 g/mol. The van der Waals surface area contributed by atoms with Gasteiger partial charge in [-0.1, -0.05) is 39.3 Å². The van der Waals surface area contributed by atoms with Crippen LogP contribution in [-0.2, 0) is 11.9 Å². The van der Waals surface area contributed by atoms with Crippen molar-refractivity contribution in [2.24, 2.45) is 0 Å². The number of pyridine rings is 1. The molecule has 3 heterocycles. The Morgan fingerprint density at radius 2 is 2.00 bits per heavy atom. The van der Waals surface area contributed by atoms with Crippen molar-refractivity contribution in [3.8, 4) is 0 Å². The molecule has 0 unspecified atom stereocenters.